The zero-order chi connectivity index (χ0) is 13.6. The van der Waals surface area contributed by atoms with Crippen LogP contribution in [0.25, 0.3) is 0 Å². The molecular weight excluding hydrogens is 249 g/mol. The van der Waals surface area contributed by atoms with Crippen molar-refractivity contribution in [3.8, 4) is 0 Å². The third kappa shape index (κ3) is 1.86. The smallest absolute Gasteiger partial charge is 0.416 e. The third-order valence-corrected chi connectivity index (χ3v) is 3.33. The van der Waals surface area contributed by atoms with Crippen molar-refractivity contribution in [3.63, 3.8) is 0 Å². The number of alkyl halides is 3. The first kappa shape index (κ1) is 12.9. The number of rotatable bonds is 2. The second kappa shape index (κ2) is 3.98. The van der Waals surface area contributed by atoms with E-state index in [9.17, 15) is 23.1 Å². The van der Waals surface area contributed by atoms with Gasteiger partial charge in [0.2, 0.25) is 0 Å². The van der Waals surface area contributed by atoms with Crippen LogP contribution in [-0.2, 0) is 16.4 Å². The summed E-state index contributed by atoms with van der Waals surface area (Å²) < 4.78 is 38.5. The second-order valence-electron chi connectivity index (χ2n) is 4.49. The summed E-state index contributed by atoms with van der Waals surface area (Å²) in [5, 5.41) is 18.4. The van der Waals surface area contributed by atoms with Crippen molar-refractivity contribution in [2.45, 2.75) is 30.5 Å². The van der Waals surface area contributed by atoms with Gasteiger partial charge in [0, 0.05) is 0 Å². The van der Waals surface area contributed by atoms with Crippen LogP contribution in [0.4, 0.5) is 13.2 Å². The normalized spacial score (nSPS) is 27.7. The van der Waals surface area contributed by atoms with E-state index in [0.29, 0.717) is 0 Å². The average Bonchev–Trinajstić information content (AvgIpc) is 2.23. The first-order chi connectivity index (χ1) is 8.27. The molecule has 2 rings (SSSR count). The minimum Gasteiger partial charge on any atom is -0.481 e. The molecule has 98 valence electrons. The Morgan fingerprint density at radius 1 is 1.28 bits per heavy atom. The molecule has 0 saturated heterocycles. The van der Waals surface area contributed by atoms with Crippen LogP contribution in [0, 0.1) is 0 Å². The lowest BCUT2D eigenvalue weighted by Gasteiger charge is -2.43. The van der Waals surface area contributed by atoms with E-state index in [1.165, 1.54) is 18.2 Å². The number of aliphatic hydroxyl groups is 1. The summed E-state index contributed by atoms with van der Waals surface area (Å²) in [5.41, 5.74) is -2.83. The van der Waals surface area contributed by atoms with Crippen molar-refractivity contribution in [1.82, 2.24) is 0 Å². The Balaban J connectivity index is 2.54. The number of hydrogen-bond donors (Lipinski definition) is 2. The molecule has 1 aliphatic carbocycles. The highest BCUT2D eigenvalue weighted by molar-refractivity contribution is 5.83. The molecule has 0 atom stereocenters. The molecular formula is C12H11F3O3. The quantitative estimate of drug-likeness (QED) is 0.856. The van der Waals surface area contributed by atoms with E-state index in [-0.39, 0.29) is 18.4 Å². The number of aliphatic carboxylic acids is 1. The lowest BCUT2D eigenvalue weighted by Crippen LogP contribution is -2.51. The monoisotopic (exact) mass is 260 g/mol. The van der Waals surface area contributed by atoms with Gasteiger partial charge >= 0.3 is 12.1 Å². The molecule has 6 heteroatoms. The number of hydrogen-bond acceptors (Lipinski definition) is 2. The van der Waals surface area contributed by atoms with E-state index >= 15 is 0 Å². The maximum absolute atomic E-state index is 12.8. The minimum absolute atomic E-state index is 0.185. The van der Waals surface area contributed by atoms with Gasteiger partial charge < -0.3 is 10.2 Å². The number of carboxylic acids is 1. The fraction of sp³-hybridized carbons (Fsp3) is 0.417. The summed E-state index contributed by atoms with van der Waals surface area (Å²) in [5.74, 6) is -1.33. The molecule has 0 bridgehead atoms. The number of aliphatic hydroxyl groups excluding tert-OH is 1. The van der Waals surface area contributed by atoms with Crippen LogP contribution in [0.5, 0.6) is 0 Å². The molecule has 0 spiro atoms. The Morgan fingerprint density at radius 2 is 1.83 bits per heavy atom. The van der Waals surface area contributed by atoms with E-state index in [0.717, 1.165) is 6.07 Å². The highest BCUT2D eigenvalue weighted by Crippen LogP contribution is 2.48. The van der Waals surface area contributed by atoms with Gasteiger partial charge in [-0.1, -0.05) is 18.2 Å². The van der Waals surface area contributed by atoms with Crippen LogP contribution in [0.3, 0.4) is 0 Å². The van der Waals surface area contributed by atoms with Gasteiger partial charge in [-0.25, -0.2) is 0 Å². The summed E-state index contributed by atoms with van der Waals surface area (Å²) in [6.45, 7) is 0. The molecule has 1 saturated carbocycles. The van der Waals surface area contributed by atoms with E-state index in [2.05, 4.69) is 0 Å². The fourth-order valence-corrected chi connectivity index (χ4v) is 2.40. The molecule has 18 heavy (non-hydrogen) atoms. The first-order valence-corrected chi connectivity index (χ1v) is 5.35. The lowest BCUT2D eigenvalue weighted by molar-refractivity contribution is -0.155. The van der Waals surface area contributed by atoms with Gasteiger partial charge in [0.15, 0.2) is 0 Å². The van der Waals surface area contributed by atoms with Gasteiger partial charge in [-0.2, -0.15) is 13.2 Å². The SMILES string of the molecule is O=C(O)C1(c2ccccc2C(F)(F)F)CC(O)C1. The summed E-state index contributed by atoms with van der Waals surface area (Å²) >= 11 is 0. The first-order valence-electron chi connectivity index (χ1n) is 5.35. The molecule has 0 aromatic heterocycles. The predicted octanol–water partition coefficient (Wildman–Crippen LogP) is 2.18. The summed E-state index contributed by atoms with van der Waals surface area (Å²) in [6.07, 6.45) is -5.83. The molecule has 0 unspecified atom stereocenters. The van der Waals surface area contributed by atoms with E-state index < -0.39 is 29.2 Å². The minimum atomic E-state index is -4.60. The van der Waals surface area contributed by atoms with Gasteiger partial charge in [0.05, 0.1) is 17.1 Å². The van der Waals surface area contributed by atoms with Crippen molar-refractivity contribution in [2.75, 3.05) is 0 Å². The third-order valence-electron chi connectivity index (χ3n) is 3.33. The molecule has 1 aromatic carbocycles. The Kier molecular flexibility index (Phi) is 2.85. The molecule has 1 aliphatic rings. The second-order valence-corrected chi connectivity index (χ2v) is 4.49. The van der Waals surface area contributed by atoms with E-state index in [4.69, 9.17) is 5.11 Å². The van der Waals surface area contributed by atoms with Crippen molar-refractivity contribution in [2.24, 2.45) is 0 Å². The zero-order valence-corrected chi connectivity index (χ0v) is 9.24. The maximum atomic E-state index is 12.8. The van der Waals surface area contributed by atoms with Crippen LogP contribution in [-0.4, -0.2) is 22.3 Å². The average molecular weight is 260 g/mol. The fourth-order valence-electron chi connectivity index (χ4n) is 2.40. The maximum Gasteiger partial charge on any atom is 0.416 e. The van der Waals surface area contributed by atoms with E-state index in [1.807, 2.05) is 0 Å². The molecule has 0 heterocycles. The largest absolute Gasteiger partial charge is 0.481 e. The summed E-state index contributed by atoms with van der Waals surface area (Å²) in [7, 11) is 0. The molecule has 1 aromatic rings. The number of halogens is 3. The van der Waals surface area contributed by atoms with Gasteiger partial charge in [-0.05, 0) is 24.5 Å². The molecule has 2 N–H and O–H groups in total. The number of carbonyl (C=O) groups is 1. The molecule has 1 fully saturated rings. The van der Waals surface area contributed by atoms with Crippen molar-refractivity contribution < 1.29 is 28.2 Å². The van der Waals surface area contributed by atoms with Crippen LogP contribution < -0.4 is 0 Å². The number of carboxylic acid groups (broad SMARTS) is 1. The van der Waals surface area contributed by atoms with Crippen LogP contribution in [0.15, 0.2) is 24.3 Å². The molecule has 0 aliphatic heterocycles. The Labute approximate surface area is 101 Å². The van der Waals surface area contributed by atoms with Crippen molar-refractivity contribution >= 4 is 5.97 Å². The summed E-state index contributed by atoms with van der Waals surface area (Å²) in [6, 6.07) is 4.63. The Hall–Kier alpha value is -1.56. The van der Waals surface area contributed by atoms with Crippen LogP contribution in [0.2, 0.25) is 0 Å². The Bertz CT molecular complexity index is 476. The molecule has 0 amide bonds. The van der Waals surface area contributed by atoms with Gasteiger partial charge in [-0.15, -0.1) is 0 Å². The van der Waals surface area contributed by atoms with E-state index in [1.54, 1.807) is 0 Å². The number of benzene rings is 1. The molecule has 0 radical (unpaired) electrons. The van der Waals surface area contributed by atoms with Gasteiger partial charge in [0.1, 0.15) is 0 Å². The van der Waals surface area contributed by atoms with Crippen molar-refractivity contribution in [3.05, 3.63) is 35.4 Å². The van der Waals surface area contributed by atoms with Gasteiger partial charge in [0.25, 0.3) is 0 Å². The standard InChI is InChI=1S/C12H11F3O3/c13-12(14,15)9-4-2-1-3-8(9)11(10(17)18)5-7(16)6-11/h1-4,7,16H,5-6H2,(H,17,18). The lowest BCUT2D eigenvalue weighted by atomic mass is 9.61. The topological polar surface area (TPSA) is 57.5 Å². The Morgan fingerprint density at radius 3 is 2.28 bits per heavy atom. The van der Waals surface area contributed by atoms with Crippen LogP contribution >= 0.6 is 0 Å². The van der Waals surface area contributed by atoms with Gasteiger partial charge in [-0.3, -0.25) is 4.79 Å². The molecule has 3 nitrogen and oxygen atoms in total. The summed E-state index contributed by atoms with van der Waals surface area (Å²) in [4.78, 5) is 11.3. The van der Waals surface area contributed by atoms with Crippen molar-refractivity contribution in [1.29, 1.82) is 0 Å². The highest BCUT2D eigenvalue weighted by Gasteiger charge is 2.54. The highest BCUT2D eigenvalue weighted by atomic mass is 19.4. The predicted molar refractivity (Wildman–Crippen MR) is 56.0 cm³/mol. The zero-order valence-electron chi connectivity index (χ0n) is 9.24. The van der Waals surface area contributed by atoms with Crippen LogP contribution in [0.1, 0.15) is 24.0 Å².